The van der Waals surface area contributed by atoms with Gasteiger partial charge in [-0.2, -0.15) is 0 Å². The number of carbonyl (C=O) groups excluding carboxylic acids is 1. The zero-order valence-corrected chi connectivity index (χ0v) is 19.0. The molecule has 0 bridgehead atoms. The van der Waals surface area contributed by atoms with Crippen LogP contribution in [-0.4, -0.2) is 17.4 Å². The molecule has 3 rings (SSSR count). The Hall–Kier alpha value is -3.14. The van der Waals surface area contributed by atoms with E-state index in [1.165, 1.54) is 12.5 Å². The molecular formula is C27H31NO3. The first-order valence-corrected chi connectivity index (χ1v) is 10.8. The first kappa shape index (κ1) is 22.5. The van der Waals surface area contributed by atoms with Gasteiger partial charge in [0, 0.05) is 11.3 Å². The summed E-state index contributed by atoms with van der Waals surface area (Å²) in [6, 6.07) is 17.6. The smallest absolute Gasteiger partial charge is 0.259 e. The first-order chi connectivity index (χ1) is 14.7. The summed E-state index contributed by atoms with van der Waals surface area (Å²) in [6.07, 6.45) is 2.10. The molecule has 2 aromatic carbocycles. The number of rotatable bonds is 7. The second kappa shape index (κ2) is 9.34. The van der Waals surface area contributed by atoms with E-state index < -0.39 is 0 Å². The average Bonchev–Trinajstić information content (AvgIpc) is 2.73. The van der Waals surface area contributed by atoms with Gasteiger partial charge in [-0.25, -0.2) is 0 Å². The van der Waals surface area contributed by atoms with E-state index in [0.717, 1.165) is 29.7 Å². The van der Waals surface area contributed by atoms with Crippen molar-refractivity contribution in [3.05, 3.63) is 76.1 Å². The first-order valence-electron chi connectivity index (χ1n) is 10.8. The summed E-state index contributed by atoms with van der Waals surface area (Å²) in [5, 5.41) is 0. The standard InChI is InChI=1S/C27H31NO3/c1-6-7-16-31-22-14-10-20(11-15-22)24-17-23(25(18(2)29)26(30)28-24)19-8-12-21(13-9-19)27(3,4)5/h8-15,17H,6-7,16H2,1-5H3,(H,28,30). The SMILES string of the molecule is CCCCOc1ccc(-c2cc(-c3ccc(C(C)(C)C)cc3)c(C(C)=O)c(=O)[nH]2)cc1. The molecule has 0 unspecified atom stereocenters. The van der Waals surface area contributed by atoms with E-state index in [0.29, 0.717) is 17.9 Å². The second-order valence-electron chi connectivity index (χ2n) is 8.91. The number of carbonyl (C=O) groups is 1. The van der Waals surface area contributed by atoms with Crippen molar-refractivity contribution in [2.24, 2.45) is 0 Å². The predicted molar refractivity (Wildman–Crippen MR) is 127 cm³/mol. The lowest BCUT2D eigenvalue weighted by molar-refractivity contribution is 0.101. The normalized spacial score (nSPS) is 11.4. The molecule has 4 heteroatoms. The highest BCUT2D eigenvalue weighted by atomic mass is 16.5. The Morgan fingerprint density at radius 1 is 0.968 bits per heavy atom. The number of Topliss-reactive ketones (excluding diaryl/α,β-unsaturated/α-hetero) is 1. The number of hydrogen-bond donors (Lipinski definition) is 1. The minimum Gasteiger partial charge on any atom is -0.494 e. The molecule has 1 heterocycles. The molecule has 0 aliphatic rings. The molecular weight excluding hydrogens is 386 g/mol. The maximum Gasteiger partial charge on any atom is 0.259 e. The van der Waals surface area contributed by atoms with Crippen molar-refractivity contribution in [2.45, 2.75) is 52.9 Å². The third-order valence-corrected chi connectivity index (χ3v) is 5.38. The molecule has 0 spiro atoms. The van der Waals surface area contributed by atoms with Crippen LogP contribution in [0.1, 0.15) is 63.4 Å². The molecule has 0 atom stereocenters. The highest BCUT2D eigenvalue weighted by Gasteiger charge is 2.18. The number of pyridine rings is 1. The number of hydrogen-bond acceptors (Lipinski definition) is 3. The van der Waals surface area contributed by atoms with Crippen molar-refractivity contribution < 1.29 is 9.53 Å². The van der Waals surface area contributed by atoms with Gasteiger partial charge in [0.1, 0.15) is 5.75 Å². The topological polar surface area (TPSA) is 59.2 Å². The molecule has 1 N–H and O–H groups in total. The number of ether oxygens (including phenoxy) is 1. The van der Waals surface area contributed by atoms with Crippen molar-refractivity contribution in [3.8, 4) is 28.1 Å². The summed E-state index contributed by atoms with van der Waals surface area (Å²) in [5.74, 6) is 0.556. The summed E-state index contributed by atoms with van der Waals surface area (Å²) >= 11 is 0. The Kier molecular flexibility index (Phi) is 6.79. The second-order valence-corrected chi connectivity index (χ2v) is 8.91. The molecule has 162 valence electrons. The minimum atomic E-state index is -0.372. The van der Waals surface area contributed by atoms with E-state index in [2.05, 4.69) is 44.8 Å². The summed E-state index contributed by atoms with van der Waals surface area (Å²) in [7, 11) is 0. The van der Waals surface area contributed by atoms with Crippen LogP contribution in [0.4, 0.5) is 0 Å². The van der Waals surface area contributed by atoms with Crippen LogP contribution < -0.4 is 10.3 Å². The Balaban J connectivity index is 2.02. The van der Waals surface area contributed by atoms with Crippen molar-refractivity contribution in [1.82, 2.24) is 4.98 Å². The monoisotopic (exact) mass is 417 g/mol. The molecule has 4 nitrogen and oxygen atoms in total. The molecule has 0 fully saturated rings. The van der Waals surface area contributed by atoms with E-state index in [9.17, 15) is 9.59 Å². The summed E-state index contributed by atoms with van der Waals surface area (Å²) < 4.78 is 5.73. The van der Waals surface area contributed by atoms with Crippen LogP contribution in [-0.2, 0) is 5.41 Å². The zero-order valence-electron chi connectivity index (χ0n) is 19.0. The number of aromatic amines is 1. The summed E-state index contributed by atoms with van der Waals surface area (Å²) in [4.78, 5) is 28.0. The van der Waals surface area contributed by atoms with Gasteiger partial charge in [0.15, 0.2) is 5.78 Å². The van der Waals surface area contributed by atoms with E-state index in [1.807, 2.05) is 42.5 Å². The minimum absolute atomic E-state index is 0.0300. The van der Waals surface area contributed by atoms with Crippen LogP contribution in [0.5, 0.6) is 5.75 Å². The average molecular weight is 418 g/mol. The van der Waals surface area contributed by atoms with E-state index in [1.54, 1.807) is 0 Å². The number of benzene rings is 2. The van der Waals surface area contributed by atoms with Gasteiger partial charge in [0.25, 0.3) is 5.56 Å². The van der Waals surface area contributed by atoms with Crippen molar-refractivity contribution in [1.29, 1.82) is 0 Å². The van der Waals surface area contributed by atoms with Crippen LogP contribution in [0.25, 0.3) is 22.4 Å². The van der Waals surface area contributed by atoms with Crippen LogP contribution in [0.3, 0.4) is 0 Å². The molecule has 0 amide bonds. The fourth-order valence-electron chi connectivity index (χ4n) is 3.51. The largest absolute Gasteiger partial charge is 0.494 e. The lowest BCUT2D eigenvalue weighted by Crippen LogP contribution is -2.18. The van der Waals surface area contributed by atoms with Crippen molar-refractivity contribution >= 4 is 5.78 Å². The zero-order chi connectivity index (χ0) is 22.6. The van der Waals surface area contributed by atoms with E-state index in [-0.39, 0.29) is 22.3 Å². The van der Waals surface area contributed by atoms with Crippen LogP contribution >= 0.6 is 0 Å². The lowest BCUT2D eigenvalue weighted by Gasteiger charge is -2.19. The van der Waals surface area contributed by atoms with Gasteiger partial charge in [-0.05, 0) is 65.8 Å². The van der Waals surface area contributed by atoms with Crippen LogP contribution in [0.15, 0.2) is 59.4 Å². The molecule has 0 saturated carbocycles. The van der Waals surface area contributed by atoms with E-state index >= 15 is 0 Å². The third-order valence-electron chi connectivity index (χ3n) is 5.38. The maximum atomic E-state index is 12.8. The van der Waals surface area contributed by atoms with Gasteiger partial charge in [-0.3, -0.25) is 9.59 Å². The quantitative estimate of drug-likeness (QED) is 0.358. The summed E-state index contributed by atoms with van der Waals surface area (Å²) in [6.45, 7) is 10.7. The van der Waals surface area contributed by atoms with Gasteiger partial charge in [-0.15, -0.1) is 0 Å². The van der Waals surface area contributed by atoms with Gasteiger partial charge in [0.2, 0.25) is 0 Å². The van der Waals surface area contributed by atoms with Crippen LogP contribution in [0.2, 0.25) is 0 Å². The van der Waals surface area contributed by atoms with Crippen molar-refractivity contribution in [3.63, 3.8) is 0 Å². The van der Waals surface area contributed by atoms with Crippen molar-refractivity contribution in [2.75, 3.05) is 6.61 Å². The molecule has 3 aromatic rings. The van der Waals surface area contributed by atoms with Gasteiger partial charge >= 0.3 is 0 Å². The number of H-pyrrole nitrogens is 1. The van der Waals surface area contributed by atoms with Gasteiger partial charge in [0.05, 0.1) is 12.2 Å². The molecule has 0 radical (unpaired) electrons. The Bertz CT molecular complexity index is 1100. The highest BCUT2D eigenvalue weighted by molar-refractivity contribution is 6.01. The molecule has 0 aliphatic carbocycles. The Morgan fingerprint density at radius 2 is 1.58 bits per heavy atom. The Labute approximate surface area is 184 Å². The predicted octanol–water partition coefficient (Wildman–Crippen LogP) is 6.39. The molecule has 1 aromatic heterocycles. The molecule has 0 saturated heterocycles. The number of nitrogens with one attached hydrogen (secondary N) is 1. The third kappa shape index (κ3) is 5.32. The maximum absolute atomic E-state index is 12.8. The van der Waals surface area contributed by atoms with Gasteiger partial charge < -0.3 is 9.72 Å². The Morgan fingerprint density at radius 3 is 2.13 bits per heavy atom. The fourth-order valence-corrected chi connectivity index (χ4v) is 3.51. The number of aromatic nitrogens is 1. The van der Waals surface area contributed by atoms with Gasteiger partial charge in [-0.1, -0.05) is 58.4 Å². The number of ketones is 1. The van der Waals surface area contributed by atoms with Crippen LogP contribution in [0, 0.1) is 0 Å². The van der Waals surface area contributed by atoms with E-state index in [4.69, 9.17) is 4.74 Å². The fraction of sp³-hybridized carbons (Fsp3) is 0.333. The summed E-state index contributed by atoms with van der Waals surface area (Å²) in [5.41, 5.74) is 4.08. The lowest BCUT2D eigenvalue weighted by atomic mass is 9.86. The number of unbranched alkanes of at least 4 members (excludes halogenated alkanes) is 1. The molecule has 31 heavy (non-hydrogen) atoms. The highest BCUT2D eigenvalue weighted by Crippen LogP contribution is 2.30. The molecule has 0 aliphatic heterocycles.